The Hall–Kier alpha value is -1.51. The second-order valence-electron chi connectivity index (χ2n) is 5.48. The normalized spacial score (nSPS) is 17.6. The van der Waals surface area contributed by atoms with Crippen LogP contribution in [-0.2, 0) is 14.8 Å². The fraction of sp³-hybridized carbons (Fsp3) is 0.188. The van der Waals surface area contributed by atoms with Crippen molar-refractivity contribution >= 4 is 55.0 Å². The van der Waals surface area contributed by atoms with Crippen molar-refractivity contribution in [2.24, 2.45) is 5.92 Å². The first kappa shape index (κ1) is 17.3. The van der Waals surface area contributed by atoms with E-state index in [1.165, 1.54) is 6.07 Å². The van der Waals surface area contributed by atoms with Crippen LogP contribution in [-0.4, -0.2) is 20.1 Å². The van der Waals surface area contributed by atoms with Crippen molar-refractivity contribution in [3.63, 3.8) is 0 Å². The summed E-state index contributed by atoms with van der Waals surface area (Å²) in [4.78, 5) is 12.9. The van der Waals surface area contributed by atoms with Gasteiger partial charge in [0.25, 0.3) is 10.0 Å². The molecule has 0 radical (unpaired) electrons. The Bertz CT molecular complexity index is 900. The van der Waals surface area contributed by atoms with E-state index in [0.29, 0.717) is 17.1 Å². The number of nitrogens with one attached hydrogen (secondary N) is 2. The average molecular weight is 427 g/mol. The number of anilines is 2. The van der Waals surface area contributed by atoms with Gasteiger partial charge in [-0.25, -0.2) is 8.42 Å². The topological polar surface area (TPSA) is 75.3 Å². The fourth-order valence-corrected chi connectivity index (χ4v) is 4.70. The number of carbonyl (C=O) groups excluding carboxylic acids is 1. The van der Waals surface area contributed by atoms with Crippen LogP contribution in [0.5, 0.6) is 0 Å². The minimum atomic E-state index is -3.74. The van der Waals surface area contributed by atoms with Crippen LogP contribution in [0.4, 0.5) is 11.4 Å². The van der Waals surface area contributed by atoms with Crippen LogP contribution >= 0.6 is 27.7 Å². The van der Waals surface area contributed by atoms with Crippen LogP contribution in [0.3, 0.4) is 0 Å². The van der Waals surface area contributed by atoms with E-state index < -0.39 is 10.0 Å². The second-order valence-corrected chi connectivity index (χ2v) is 9.14. The lowest BCUT2D eigenvalue weighted by Crippen LogP contribution is -2.20. The number of hydrogen-bond donors (Lipinski definition) is 2. The summed E-state index contributed by atoms with van der Waals surface area (Å²) in [5.41, 5.74) is 0.998. The summed E-state index contributed by atoms with van der Waals surface area (Å²) in [7, 11) is -3.74. The molecule has 2 aromatic rings. The molecule has 0 bridgehead atoms. The van der Waals surface area contributed by atoms with Gasteiger partial charge < -0.3 is 5.32 Å². The lowest BCUT2D eigenvalue weighted by molar-refractivity contribution is -0.118. The van der Waals surface area contributed by atoms with Gasteiger partial charge in [0, 0.05) is 26.7 Å². The van der Waals surface area contributed by atoms with Crippen LogP contribution in [0.1, 0.15) is 6.92 Å². The highest BCUT2D eigenvalue weighted by molar-refractivity contribution is 9.10. The number of hydrogen-bond acceptors (Lipinski definition) is 4. The number of carbonyl (C=O) groups is 1. The zero-order valence-corrected chi connectivity index (χ0v) is 16.0. The Balaban J connectivity index is 1.92. The molecule has 5 nitrogen and oxygen atoms in total. The quantitative estimate of drug-likeness (QED) is 0.779. The van der Waals surface area contributed by atoms with Crippen LogP contribution in [0, 0.1) is 5.92 Å². The Kier molecular flexibility index (Phi) is 4.89. The Labute approximate surface area is 153 Å². The fourth-order valence-electron chi connectivity index (χ4n) is 2.21. The summed E-state index contributed by atoms with van der Waals surface area (Å²) in [6, 6.07) is 11.7. The smallest absolute Gasteiger partial charge is 0.261 e. The first-order chi connectivity index (χ1) is 11.3. The van der Waals surface area contributed by atoms with Gasteiger partial charge in [-0.05, 0) is 36.4 Å². The lowest BCUT2D eigenvalue weighted by Gasteiger charge is -2.12. The molecule has 2 N–H and O–H groups in total. The molecule has 0 aromatic heterocycles. The van der Waals surface area contributed by atoms with Crippen LogP contribution < -0.4 is 10.0 Å². The van der Waals surface area contributed by atoms with Gasteiger partial charge in [-0.3, -0.25) is 9.52 Å². The molecule has 1 heterocycles. The Morgan fingerprint density at radius 2 is 2.04 bits per heavy atom. The van der Waals surface area contributed by atoms with Crippen molar-refractivity contribution in [2.75, 3.05) is 15.8 Å². The highest BCUT2D eigenvalue weighted by atomic mass is 79.9. The number of fused-ring (bicyclic) bond motifs is 1. The monoisotopic (exact) mass is 426 g/mol. The molecule has 0 saturated carbocycles. The molecule has 0 spiro atoms. The molecule has 126 valence electrons. The van der Waals surface area contributed by atoms with Gasteiger partial charge >= 0.3 is 0 Å². The molecular weight excluding hydrogens is 412 g/mol. The zero-order chi connectivity index (χ0) is 17.3. The van der Waals surface area contributed by atoms with E-state index in [0.717, 1.165) is 9.37 Å². The predicted molar refractivity (Wildman–Crippen MR) is 99.9 cm³/mol. The van der Waals surface area contributed by atoms with E-state index in [-0.39, 0.29) is 16.7 Å². The van der Waals surface area contributed by atoms with E-state index in [1.54, 1.807) is 42.1 Å². The molecule has 1 aliphatic heterocycles. The van der Waals surface area contributed by atoms with Crippen LogP contribution in [0.15, 0.2) is 56.7 Å². The molecular formula is C16H15BrN2O3S2. The Morgan fingerprint density at radius 3 is 2.79 bits per heavy atom. The van der Waals surface area contributed by atoms with Crippen molar-refractivity contribution < 1.29 is 13.2 Å². The third-order valence-corrected chi connectivity index (χ3v) is 6.74. The molecule has 2 aromatic carbocycles. The molecule has 0 saturated heterocycles. The maximum atomic E-state index is 12.6. The van der Waals surface area contributed by atoms with E-state index >= 15 is 0 Å². The molecule has 0 fully saturated rings. The highest BCUT2D eigenvalue weighted by Gasteiger charge is 2.23. The molecule has 1 aliphatic rings. The number of amides is 1. The van der Waals surface area contributed by atoms with Crippen molar-refractivity contribution in [2.45, 2.75) is 16.7 Å². The second kappa shape index (κ2) is 6.78. The van der Waals surface area contributed by atoms with Crippen LogP contribution in [0.25, 0.3) is 0 Å². The van der Waals surface area contributed by atoms with Gasteiger partial charge in [0.05, 0.1) is 10.6 Å². The van der Waals surface area contributed by atoms with E-state index in [1.807, 2.05) is 13.0 Å². The number of thioether (sulfide) groups is 1. The summed E-state index contributed by atoms with van der Waals surface area (Å²) in [6.07, 6.45) is 0. The largest absolute Gasteiger partial charge is 0.325 e. The molecule has 8 heteroatoms. The van der Waals surface area contributed by atoms with E-state index in [9.17, 15) is 13.2 Å². The lowest BCUT2D eigenvalue weighted by atomic mass is 10.2. The van der Waals surface area contributed by atoms with Gasteiger partial charge in [-0.1, -0.05) is 28.9 Å². The standard InChI is InChI=1S/C16H15BrN2O3S2/c1-10-9-23-15-6-5-13(8-14(15)18-16(10)20)24(21,22)19-12-4-2-3-11(17)7-12/h2-8,10,19H,9H2,1H3,(H,18,20)/t10-/m0/s1. The van der Waals surface area contributed by atoms with Gasteiger partial charge in [-0.2, -0.15) is 0 Å². The van der Waals surface area contributed by atoms with Crippen molar-refractivity contribution in [1.82, 2.24) is 0 Å². The van der Waals surface area contributed by atoms with Crippen molar-refractivity contribution in [3.8, 4) is 0 Å². The summed E-state index contributed by atoms with van der Waals surface area (Å²) in [5, 5.41) is 2.80. The van der Waals surface area contributed by atoms with Gasteiger partial charge in [0.2, 0.25) is 5.91 Å². The third-order valence-electron chi connectivity index (χ3n) is 3.53. The summed E-state index contributed by atoms with van der Waals surface area (Å²) < 4.78 is 28.5. The van der Waals surface area contributed by atoms with Crippen molar-refractivity contribution in [1.29, 1.82) is 0 Å². The summed E-state index contributed by atoms with van der Waals surface area (Å²) in [6.45, 7) is 1.85. The molecule has 3 rings (SSSR count). The molecule has 1 atom stereocenters. The van der Waals surface area contributed by atoms with Gasteiger partial charge in [-0.15, -0.1) is 11.8 Å². The molecule has 24 heavy (non-hydrogen) atoms. The number of rotatable bonds is 3. The predicted octanol–water partition coefficient (Wildman–Crippen LogP) is 3.93. The summed E-state index contributed by atoms with van der Waals surface area (Å²) >= 11 is 4.85. The maximum absolute atomic E-state index is 12.6. The minimum Gasteiger partial charge on any atom is -0.325 e. The van der Waals surface area contributed by atoms with Gasteiger partial charge in [0.15, 0.2) is 0 Å². The average Bonchev–Trinajstić information content (AvgIpc) is 2.66. The number of benzene rings is 2. The SMILES string of the molecule is C[C@H]1CSc2ccc(S(=O)(=O)Nc3cccc(Br)c3)cc2NC1=O. The third kappa shape index (κ3) is 3.76. The van der Waals surface area contributed by atoms with Gasteiger partial charge in [0.1, 0.15) is 0 Å². The van der Waals surface area contributed by atoms with E-state index in [2.05, 4.69) is 26.0 Å². The van der Waals surface area contributed by atoms with Crippen molar-refractivity contribution in [3.05, 3.63) is 46.9 Å². The zero-order valence-electron chi connectivity index (χ0n) is 12.7. The molecule has 1 amide bonds. The Morgan fingerprint density at radius 1 is 1.25 bits per heavy atom. The summed E-state index contributed by atoms with van der Waals surface area (Å²) in [5.74, 6) is 0.444. The highest BCUT2D eigenvalue weighted by Crippen LogP contribution is 2.34. The number of sulfonamides is 1. The molecule has 0 unspecified atom stereocenters. The minimum absolute atomic E-state index is 0.101. The maximum Gasteiger partial charge on any atom is 0.261 e. The molecule has 0 aliphatic carbocycles. The van der Waals surface area contributed by atoms with Crippen LogP contribution in [0.2, 0.25) is 0 Å². The van der Waals surface area contributed by atoms with E-state index in [4.69, 9.17) is 0 Å². The first-order valence-corrected chi connectivity index (χ1v) is 10.5. The first-order valence-electron chi connectivity index (χ1n) is 7.21. The number of halogens is 1.